The van der Waals surface area contributed by atoms with Crippen LogP contribution in [0.2, 0.25) is 0 Å². The topological polar surface area (TPSA) is 47.9 Å². The van der Waals surface area contributed by atoms with Gasteiger partial charge in [-0.1, -0.05) is 48.0 Å². The molecule has 29 heavy (non-hydrogen) atoms. The Balaban J connectivity index is 1.57. The maximum absolute atomic E-state index is 13.4. The van der Waals surface area contributed by atoms with Crippen LogP contribution < -0.4 is 4.74 Å². The first-order chi connectivity index (χ1) is 14.1. The molecule has 0 aliphatic carbocycles. The Morgan fingerprint density at radius 1 is 1.03 bits per heavy atom. The molecule has 3 aromatic carbocycles. The number of aryl methyl sites for hydroxylation is 1. The number of esters is 1. The highest BCUT2D eigenvalue weighted by molar-refractivity contribution is 6.12. The van der Waals surface area contributed by atoms with Crippen molar-refractivity contribution >= 4 is 17.9 Å². The first-order valence-corrected chi connectivity index (χ1v) is 9.14. The van der Waals surface area contributed by atoms with Crippen LogP contribution in [0.5, 0.6) is 5.75 Å². The lowest BCUT2D eigenvalue weighted by atomic mass is 10.1. The Labute approximate surface area is 167 Å². The summed E-state index contributed by atoms with van der Waals surface area (Å²) < 4.78 is 24.5. The molecule has 0 saturated carbocycles. The Morgan fingerprint density at radius 2 is 1.83 bits per heavy atom. The van der Waals surface area contributed by atoms with E-state index in [1.165, 1.54) is 12.1 Å². The van der Waals surface area contributed by atoms with Gasteiger partial charge in [-0.2, -0.15) is 0 Å². The number of benzene rings is 3. The number of carbonyl (C=O) groups excluding carboxylic acids is 1. The predicted octanol–water partition coefficient (Wildman–Crippen LogP) is 5.06. The van der Waals surface area contributed by atoms with Crippen LogP contribution in [0.3, 0.4) is 0 Å². The van der Waals surface area contributed by atoms with Crippen LogP contribution in [-0.4, -0.2) is 11.9 Å². The van der Waals surface area contributed by atoms with E-state index in [0.717, 1.165) is 11.1 Å². The molecule has 5 heteroatoms. The van der Waals surface area contributed by atoms with Gasteiger partial charge in [-0.3, -0.25) is 0 Å². The molecule has 0 N–H and O–H groups in total. The molecule has 0 saturated heterocycles. The first-order valence-electron chi connectivity index (χ1n) is 9.14. The van der Waals surface area contributed by atoms with Crippen molar-refractivity contribution in [2.24, 2.45) is 4.99 Å². The van der Waals surface area contributed by atoms with Gasteiger partial charge in [-0.25, -0.2) is 14.2 Å². The van der Waals surface area contributed by atoms with Gasteiger partial charge >= 0.3 is 5.97 Å². The summed E-state index contributed by atoms with van der Waals surface area (Å²) in [4.78, 5) is 16.6. The minimum absolute atomic E-state index is 0.197. The van der Waals surface area contributed by atoms with Gasteiger partial charge in [0, 0.05) is 11.1 Å². The number of aliphatic imine (C=N–C) groups is 1. The van der Waals surface area contributed by atoms with Gasteiger partial charge in [-0.05, 0) is 48.9 Å². The normalized spacial score (nSPS) is 14.6. The highest BCUT2D eigenvalue weighted by Crippen LogP contribution is 2.25. The van der Waals surface area contributed by atoms with E-state index >= 15 is 0 Å². The first kappa shape index (κ1) is 18.6. The zero-order valence-electron chi connectivity index (χ0n) is 15.8. The van der Waals surface area contributed by atoms with Gasteiger partial charge in [0.15, 0.2) is 5.70 Å². The number of carbonyl (C=O) groups is 1. The summed E-state index contributed by atoms with van der Waals surface area (Å²) in [5, 5.41) is 0. The van der Waals surface area contributed by atoms with Crippen molar-refractivity contribution in [1.82, 2.24) is 0 Å². The fourth-order valence-corrected chi connectivity index (χ4v) is 2.90. The van der Waals surface area contributed by atoms with E-state index in [9.17, 15) is 9.18 Å². The molecule has 144 valence electrons. The molecule has 3 aromatic rings. The molecule has 0 bridgehead atoms. The second-order valence-electron chi connectivity index (χ2n) is 6.66. The van der Waals surface area contributed by atoms with Gasteiger partial charge in [0.1, 0.15) is 18.2 Å². The van der Waals surface area contributed by atoms with Crippen molar-refractivity contribution in [2.45, 2.75) is 13.5 Å². The molecule has 0 spiro atoms. The van der Waals surface area contributed by atoms with Crippen LogP contribution in [0.15, 0.2) is 83.5 Å². The standard InChI is InChI=1S/C24H18FNO3/c1-16-9-11-18(12-10-16)23-26-21(24(27)29-23)14-19-6-2-3-8-22(19)28-15-17-5-4-7-20(25)13-17/h2-14H,15H2,1H3/b21-14-. The van der Waals surface area contributed by atoms with Crippen LogP contribution in [0.4, 0.5) is 4.39 Å². The van der Waals surface area contributed by atoms with E-state index in [-0.39, 0.29) is 24.0 Å². The number of hydrogen-bond donors (Lipinski definition) is 0. The van der Waals surface area contributed by atoms with Crippen molar-refractivity contribution < 1.29 is 18.7 Å². The number of halogens is 1. The summed E-state index contributed by atoms with van der Waals surface area (Å²) in [6, 6.07) is 21.1. The minimum Gasteiger partial charge on any atom is -0.488 e. The van der Waals surface area contributed by atoms with Crippen LogP contribution >= 0.6 is 0 Å². The molecule has 1 aliphatic heterocycles. The van der Waals surface area contributed by atoms with E-state index in [1.54, 1.807) is 24.3 Å². The summed E-state index contributed by atoms with van der Waals surface area (Å²) in [7, 11) is 0. The third-order valence-electron chi connectivity index (χ3n) is 4.41. The van der Waals surface area contributed by atoms with E-state index in [4.69, 9.17) is 9.47 Å². The Hall–Kier alpha value is -3.73. The van der Waals surface area contributed by atoms with Crippen molar-refractivity contribution in [3.63, 3.8) is 0 Å². The summed E-state index contributed by atoms with van der Waals surface area (Å²) >= 11 is 0. The summed E-state index contributed by atoms with van der Waals surface area (Å²) in [5.74, 6) is 0.0177. The zero-order chi connectivity index (χ0) is 20.2. The van der Waals surface area contributed by atoms with Gasteiger partial charge in [0.25, 0.3) is 0 Å². The monoisotopic (exact) mass is 387 g/mol. The SMILES string of the molecule is Cc1ccc(C2=N/C(=C\c3ccccc3OCc3cccc(F)c3)C(=O)O2)cc1. The number of rotatable bonds is 5. The van der Waals surface area contributed by atoms with E-state index in [0.29, 0.717) is 16.9 Å². The largest absolute Gasteiger partial charge is 0.488 e. The number of nitrogens with zero attached hydrogens (tertiary/aromatic N) is 1. The van der Waals surface area contributed by atoms with E-state index < -0.39 is 5.97 Å². The predicted molar refractivity (Wildman–Crippen MR) is 109 cm³/mol. The average molecular weight is 387 g/mol. The Morgan fingerprint density at radius 3 is 2.62 bits per heavy atom. The van der Waals surface area contributed by atoms with Crippen LogP contribution in [0, 0.1) is 12.7 Å². The molecule has 0 aromatic heterocycles. The molecule has 0 atom stereocenters. The van der Waals surface area contributed by atoms with E-state index in [1.807, 2.05) is 49.4 Å². The van der Waals surface area contributed by atoms with Crippen molar-refractivity contribution in [1.29, 1.82) is 0 Å². The molecule has 4 nitrogen and oxygen atoms in total. The van der Waals surface area contributed by atoms with Gasteiger partial charge in [0.2, 0.25) is 5.90 Å². The molecule has 0 radical (unpaired) electrons. The Bertz CT molecular complexity index is 1120. The van der Waals surface area contributed by atoms with E-state index in [2.05, 4.69) is 4.99 Å². The third-order valence-corrected chi connectivity index (χ3v) is 4.41. The molecule has 0 fully saturated rings. The number of ether oxygens (including phenoxy) is 2. The highest BCUT2D eigenvalue weighted by atomic mass is 19.1. The molecule has 1 heterocycles. The van der Waals surface area contributed by atoms with Crippen molar-refractivity contribution in [2.75, 3.05) is 0 Å². The number of hydrogen-bond acceptors (Lipinski definition) is 4. The zero-order valence-corrected chi connectivity index (χ0v) is 15.8. The van der Waals surface area contributed by atoms with Gasteiger partial charge < -0.3 is 9.47 Å². The summed E-state index contributed by atoms with van der Waals surface area (Å²) in [5.41, 5.74) is 3.45. The van der Waals surface area contributed by atoms with Crippen LogP contribution in [0.1, 0.15) is 22.3 Å². The lowest BCUT2D eigenvalue weighted by Crippen LogP contribution is -2.05. The maximum atomic E-state index is 13.4. The fourth-order valence-electron chi connectivity index (χ4n) is 2.90. The summed E-state index contributed by atoms with van der Waals surface area (Å²) in [6.07, 6.45) is 1.63. The minimum atomic E-state index is -0.513. The quantitative estimate of drug-likeness (QED) is 0.454. The van der Waals surface area contributed by atoms with Crippen molar-refractivity contribution in [3.05, 3.63) is 107 Å². The molecule has 1 aliphatic rings. The maximum Gasteiger partial charge on any atom is 0.363 e. The van der Waals surface area contributed by atoms with Gasteiger partial charge in [-0.15, -0.1) is 0 Å². The van der Waals surface area contributed by atoms with Crippen LogP contribution in [0.25, 0.3) is 6.08 Å². The highest BCUT2D eigenvalue weighted by Gasteiger charge is 2.24. The summed E-state index contributed by atoms with van der Waals surface area (Å²) in [6.45, 7) is 2.19. The molecule has 0 amide bonds. The fraction of sp³-hybridized carbons (Fsp3) is 0.0833. The second kappa shape index (κ2) is 8.10. The number of cyclic esters (lactones) is 1. The molecule has 4 rings (SSSR count). The molecular weight excluding hydrogens is 369 g/mol. The molecular formula is C24H18FNO3. The Kier molecular flexibility index (Phi) is 5.20. The molecule has 0 unspecified atom stereocenters. The van der Waals surface area contributed by atoms with Gasteiger partial charge in [0.05, 0.1) is 0 Å². The lowest BCUT2D eigenvalue weighted by Gasteiger charge is -2.09. The van der Waals surface area contributed by atoms with Crippen molar-refractivity contribution in [3.8, 4) is 5.75 Å². The van der Waals surface area contributed by atoms with Crippen LogP contribution in [-0.2, 0) is 16.1 Å². The number of para-hydroxylation sites is 1. The second-order valence-corrected chi connectivity index (χ2v) is 6.66. The smallest absolute Gasteiger partial charge is 0.363 e. The average Bonchev–Trinajstić information content (AvgIpc) is 3.08. The lowest BCUT2D eigenvalue weighted by molar-refractivity contribution is -0.129. The third kappa shape index (κ3) is 4.41.